The predicted molar refractivity (Wildman–Crippen MR) is 147 cm³/mol. The van der Waals surface area contributed by atoms with Crippen molar-refractivity contribution in [2.45, 2.75) is 46.0 Å². The minimum absolute atomic E-state index is 0. The molecule has 0 unspecified atom stereocenters. The Hall–Kier alpha value is -2.12. The first-order chi connectivity index (χ1) is 15.7. The lowest BCUT2D eigenvalue weighted by Gasteiger charge is -2.21. The Morgan fingerprint density at radius 3 is 1.94 bits per heavy atom. The molecule has 0 aliphatic rings. The topological polar surface area (TPSA) is 66.1 Å². The number of halogens is 1. The molecule has 0 saturated heterocycles. The number of rotatable bonds is 14. The summed E-state index contributed by atoms with van der Waals surface area (Å²) >= 11 is 1.66. The summed E-state index contributed by atoms with van der Waals surface area (Å²) in [5, 5.41) is 3.12. The van der Waals surface area contributed by atoms with Crippen LogP contribution >= 0.6 is 23.7 Å². The van der Waals surface area contributed by atoms with Gasteiger partial charge in [0.1, 0.15) is 16.5 Å². The van der Waals surface area contributed by atoms with Crippen LogP contribution in [-0.4, -0.2) is 48.7 Å². The predicted octanol–water partition coefficient (Wildman–Crippen LogP) is 6.75. The number of methoxy groups -OCH3 is 1. The van der Waals surface area contributed by atoms with Gasteiger partial charge in [0.25, 0.3) is 0 Å². The van der Waals surface area contributed by atoms with Crippen LogP contribution < -0.4 is 9.47 Å². The molecule has 0 saturated carbocycles. The van der Waals surface area contributed by atoms with Crippen LogP contribution in [0.5, 0.6) is 11.5 Å². The van der Waals surface area contributed by atoms with Crippen molar-refractivity contribution < 1.29 is 14.9 Å². The second-order valence-electron chi connectivity index (χ2n) is 8.04. The van der Waals surface area contributed by atoms with Gasteiger partial charge >= 0.3 is 0 Å². The molecule has 0 radical (unpaired) electrons. The van der Waals surface area contributed by atoms with Crippen LogP contribution in [0.3, 0.4) is 0 Å². The van der Waals surface area contributed by atoms with Crippen LogP contribution in [0.2, 0.25) is 0 Å². The Morgan fingerprint density at radius 1 is 0.794 bits per heavy atom. The van der Waals surface area contributed by atoms with Gasteiger partial charge in [0.15, 0.2) is 0 Å². The van der Waals surface area contributed by atoms with Gasteiger partial charge in [-0.05, 0) is 80.9 Å². The summed E-state index contributed by atoms with van der Waals surface area (Å²) in [6, 6.07) is 16.3. The van der Waals surface area contributed by atoms with Crippen LogP contribution in [-0.2, 0) is 0 Å². The lowest BCUT2D eigenvalue weighted by atomic mass is 10.1. The summed E-state index contributed by atoms with van der Waals surface area (Å²) in [5.74, 6) is 1.78. The Balaban J connectivity index is 0.00000289. The summed E-state index contributed by atoms with van der Waals surface area (Å²) < 4.78 is 11.2. The molecule has 0 fully saturated rings. The Morgan fingerprint density at radius 2 is 1.35 bits per heavy atom. The molecule has 5 nitrogen and oxygen atoms in total. The van der Waals surface area contributed by atoms with Crippen LogP contribution in [0.4, 0.5) is 0 Å². The van der Waals surface area contributed by atoms with Crippen molar-refractivity contribution in [1.82, 2.24) is 9.88 Å². The zero-order valence-electron chi connectivity index (χ0n) is 20.6. The number of unbranched alkanes of at least 4 members (excludes halogenated alkanes) is 2. The third kappa shape index (κ3) is 9.26. The number of hydrogen-bond acceptors (Lipinski definition) is 5. The molecule has 0 aliphatic carbocycles. The molecule has 0 amide bonds. The summed E-state index contributed by atoms with van der Waals surface area (Å²) in [5.41, 5.74) is 3.21. The Kier molecular flexibility index (Phi) is 14.5. The van der Waals surface area contributed by atoms with E-state index >= 15 is 0 Å². The van der Waals surface area contributed by atoms with Gasteiger partial charge in [0, 0.05) is 23.1 Å². The molecule has 0 aliphatic heterocycles. The maximum absolute atomic E-state index is 6.00. The molecule has 3 aromatic rings. The number of aromatic nitrogens is 1. The van der Waals surface area contributed by atoms with Gasteiger partial charge in [-0.3, -0.25) is 0 Å². The first-order valence-electron chi connectivity index (χ1n) is 11.8. The smallest absolute Gasteiger partial charge is 0.124 e. The lowest BCUT2D eigenvalue weighted by molar-refractivity contribution is 0.229. The van der Waals surface area contributed by atoms with Gasteiger partial charge in [0.2, 0.25) is 0 Å². The first-order valence-corrected chi connectivity index (χ1v) is 12.7. The highest BCUT2D eigenvalue weighted by atomic mass is 35.5. The van der Waals surface area contributed by atoms with Crippen molar-refractivity contribution in [3.05, 3.63) is 53.9 Å². The van der Waals surface area contributed by atoms with Crippen LogP contribution in [0.1, 0.15) is 46.0 Å². The van der Waals surface area contributed by atoms with Gasteiger partial charge in [0.05, 0.1) is 19.4 Å². The van der Waals surface area contributed by atoms with E-state index in [0.717, 1.165) is 52.9 Å². The maximum atomic E-state index is 6.00. The maximum Gasteiger partial charge on any atom is 0.124 e. The second kappa shape index (κ2) is 16.5. The van der Waals surface area contributed by atoms with Gasteiger partial charge < -0.3 is 19.8 Å². The molecule has 2 aromatic carbocycles. The van der Waals surface area contributed by atoms with Gasteiger partial charge in [-0.15, -0.1) is 23.7 Å². The standard InChI is InChI=1S/C27H36N2O2S.ClH.H2O/c1-4-6-17-29(18-7-5-2)19-8-20-31-25-15-9-22(10-16-25)26-21-32-27(28-26)23-11-13-24(30-3)14-12-23;;/h9-16,21H,4-8,17-20H2,1-3H3;1H;1H2. The number of nitrogens with zero attached hydrogens (tertiary/aromatic N) is 2. The first kappa shape index (κ1) is 29.9. The molecule has 1 heterocycles. The average molecular weight is 507 g/mol. The Labute approximate surface area is 214 Å². The van der Waals surface area contributed by atoms with E-state index in [4.69, 9.17) is 14.5 Å². The molecular weight excluding hydrogens is 468 g/mol. The quantitative estimate of drug-likeness (QED) is 0.227. The fourth-order valence-electron chi connectivity index (χ4n) is 3.57. The van der Waals surface area contributed by atoms with Crippen LogP contribution in [0.15, 0.2) is 53.9 Å². The minimum atomic E-state index is 0. The average Bonchev–Trinajstić information content (AvgIpc) is 3.34. The van der Waals surface area contributed by atoms with Gasteiger partial charge in [-0.1, -0.05) is 26.7 Å². The molecule has 1 aromatic heterocycles. The summed E-state index contributed by atoms with van der Waals surface area (Å²) in [6.45, 7) is 8.80. The fourth-order valence-corrected chi connectivity index (χ4v) is 4.41. The van der Waals surface area contributed by atoms with E-state index in [-0.39, 0.29) is 17.9 Å². The number of hydrogen-bond donors (Lipinski definition) is 0. The van der Waals surface area contributed by atoms with E-state index in [9.17, 15) is 0 Å². The molecule has 0 bridgehead atoms. The van der Waals surface area contributed by atoms with E-state index in [1.165, 1.54) is 38.8 Å². The highest BCUT2D eigenvalue weighted by molar-refractivity contribution is 7.13. The van der Waals surface area contributed by atoms with Crippen molar-refractivity contribution in [3.63, 3.8) is 0 Å². The number of benzene rings is 2. The fraction of sp³-hybridized carbons (Fsp3) is 0.444. The third-order valence-corrected chi connectivity index (χ3v) is 6.43. The SMILES string of the molecule is CCCCN(CCCC)CCCOc1ccc(-c2csc(-c3ccc(OC)cc3)n2)cc1.Cl.O. The van der Waals surface area contributed by atoms with Crippen LogP contribution in [0, 0.1) is 0 Å². The summed E-state index contributed by atoms with van der Waals surface area (Å²) in [4.78, 5) is 7.40. The molecule has 188 valence electrons. The Bertz CT molecular complexity index is 908. The van der Waals surface area contributed by atoms with E-state index in [1.807, 2.05) is 36.4 Å². The number of thiazole rings is 1. The molecule has 0 atom stereocenters. The van der Waals surface area contributed by atoms with Gasteiger partial charge in [-0.2, -0.15) is 0 Å². The normalized spacial score (nSPS) is 10.5. The van der Waals surface area contributed by atoms with Crippen molar-refractivity contribution in [2.75, 3.05) is 33.4 Å². The zero-order chi connectivity index (χ0) is 22.6. The highest BCUT2D eigenvalue weighted by Crippen LogP contribution is 2.30. The zero-order valence-corrected chi connectivity index (χ0v) is 22.2. The van der Waals surface area contributed by atoms with Crippen molar-refractivity contribution in [2.24, 2.45) is 0 Å². The summed E-state index contributed by atoms with van der Waals surface area (Å²) in [6.07, 6.45) is 6.14. The second-order valence-corrected chi connectivity index (χ2v) is 8.90. The molecule has 2 N–H and O–H groups in total. The number of ether oxygens (including phenoxy) is 2. The largest absolute Gasteiger partial charge is 0.497 e. The van der Waals surface area contributed by atoms with Crippen molar-refractivity contribution in [3.8, 4) is 33.3 Å². The summed E-state index contributed by atoms with van der Waals surface area (Å²) in [7, 11) is 1.68. The van der Waals surface area contributed by atoms with Crippen LogP contribution in [0.25, 0.3) is 21.8 Å². The van der Waals surface area contributed by atoms with E-state index in [0.29, 0.717) is 0 Å². The minimum Gasteiger partial charge on any atom is -0.497 e. The van der Waals surface area contributed by atoms with Crippen molar-refractivity contribution in [1.29, 1.82) is 0 Å². The molecule has 3 rings (SSSR count). The van der Waals surface area contributed by atoms with Crippen molar-refractivity contribution >= 4 is 23.7 Å². The van der Waals surface area contributed by atoms with E-state index in [1.54, 1.807) is 18.4 Å². The molecular formula is C27H39ClN2O3S. The molecule has 7 heteroatoms. The highest BCUT2D eigenvalue weighted by Gasteiger charge is 2.08. The van der Waals surface area contributed by atoms with E-state index in [2.05, 4.69) is 36.3 Å². The lowest BCUT2D eigenvalue weighted by Crippen LogP contribution is -2.28. The van der Waals surface area contributed by atoms with E-state index < -0.39 is 0 Å². The monoisotopic (exact) mass is 506 g/mol. The molecule has 0 spiro atoms. The molecule has 34 heavy (non-hydrogen) atoms. The third-order valence-electron chi connectivity index (χ3n) is 5.53. The van der Waals surface area contributed by atoms with Gasteiger partial charge in [-0.25, -0.2) is 4.98 Å².